The van der Waals surface area contributed by atoms with Gasteiger partial charge in [0, 0.05) is 25.0 Å². The molecule has 1 unspecified atom stereocenters. The maximum atomic E-state index is 13.2. The van der Waals surface area contributed by atoms with E-state index in [-0.39, 0.29) is 24.6 Å². The molecule has 0 radical (unpaired) electrons. The number of hydrogen-bond acceptors (Lipinski definition) is 3. The van der Waals surface area contributed by atoms with Crippen LogP contribution in [-0.2, 0) is 4.74 Å². The van der Waals surface area contributed by atoms with Gasteiger partial charge in [-0.2, -0.15) is 0 Å². The fourth-order valence-corrected chi connectivity index (χ4v) is 2.62. The van der Waals surface area contributed by atoms with Crippen LogP contribution in [0, 0.1) is 0 Å². The number of ether oxygens (including phenoxy) is 1. The minimum atomic E-state index is -2.62. The highest BCUT2D eigenvalue weighted by Gasteiger charge is 2.47. The molecule has 1 N–H and O–H groups in total. The summed E-state index contributed by atoms with van der Waals surface area (Å²) in [7, 11) is 0. The monoisotopic (exact) mass is 276 g/mol. The molecule has 19 heavy (non-hydrogen) atoms. The molecule has 2 heterocycles. The molecule has 0 aliphatic carbocycles. The first kappa shape index (κ1) is 14.5. The fraction of sp³-hybridized carbons (Fsp3) is 0.923. The Bertz CT molecular complexity index is 356. The topological polar surface area (TPSA) is 41.6 Å². The number of nitrogens with zero attached hydrogens (tertiary/aromatic N) is 1. The predicted octanol–water partition coefficient (Wildman–Crippen LogP) is 2.38. The van der Waals surface area contributed by atoms with Crippen molar-refractivity contribution in [3.63, 3.8) is 0 Å². The van der Waals surface area contributed by atoms with Gasteiger partial charge in [0.25, 0.3) is 5.92 Å². The molecule has 2 rings (SSSR count). The van der Waals surface area contributed by atoms with E-state index in [9.17, 15) is 13.6 Å². The zero-order valence-corrected chi connectivity index (χ0v) is 11.8. The first-order valence-corrected chi connectivity index (χ1v) is 6.72. The van der Waals surface area contributed by atoms with Gasteiger partial charge in [0.15, 0.2) is 0 Å². The molecule has 2 aliphatic rings. The number of rotatable bonds is 0. The molecule has 4 nitrogen and oxygen atoms in total. The van der Waals surface area contributed by atoms with Crippen molar-refractivity contribution in [2.45, 2.75) is 57.1 Å². The highest BCUT2D eigenvalue weighted by atomic mass is 19.3. The van der Waals surface area contributed by atoms with Gasteiger partial charge in [-0.15, -0.1) is 0 Å². The van der Waals surface area contributed by atoms with Gasteiger partial charge in [0.2, 0.25) is 0 Å². The number of piperidine rings is 1. The maximum absolute atomic E-state index is 13.2. The van der Waals surface area contributed by atoms with Gasteiger partial charge in [-0.1, -0.05) is 0 Å². The Morgan fingerprint density at radius 1 is 1.26 bits per heavy atom. The number of hydrogen-bond donors (Lipinski definition) is 1. The molecule has 2 saturated heterocycles. The van der Waals surface area contributed by atoms with E-state index in [1.807, 2.05) is 20.8 Å². The van der Waals surface area contributed by atoms with Crippen molar-refractivity contribution in [1.82, 2.24) is 10.2 Å². The van der Waals surface area contributed by atoms with Crippen molar-refractivity contribution in [2.24, 2.45) is 0 Å². The lowest BCUT2D eigenvalue weighted by Gasteiger charge is -2.38. The summed E-state index contributed by atoms with van der Waals surface area (Å²) >= 11 is 0. The molecule has 0 saturated carbocycles. The van der Waals surface area contributed by atoms with Crippen LogP contribution in [0.15, 0.2) is 0 Å². The zero-order valence-electron chi connectivity index (χ0n) is 11.8. The normalized spacial score (nSPS) is 30.7. The smallest absolute Gasteiger partial charge is 0.410 e. The summed E-state index contributed by atoms with van der Waals surface area (Å²) in [6, 6.07) is 0. The fourth-order valence-electron chi connectivity index (χ4n) is 2.62. The molecule has 0 aromatic carbocycles. The number of amides is 1. The van der Waals surface area contributed by atoms with Gasteiger partial charge in [-0.3, -0.25) is 0 Å². The first-order chi connectivity index (χ1) is 8.61. The van der Waals surface area contributed by atoms with E-state index < -0.39 is 11.5 Å². The molecular weight excluding hydrogens is 254 g/mol. The lowest BCUT2D eigenvalue weighted by Crippen LogP contribution is -2.56. The lowest BCUT2D eigenvalue weighted by atomic mass is 9.87. The van der Waals surface area contributed by atoms with Crippen molar-refractivity contribution in [3.8, 4) is 0 Å². The van der Waals surface area contributed by atoms with Crippen LogP contribution in [0.5, 0.6) is 0 Å². The molecular formula is C13H22F2N2O2. The minimum absolute atomic E-state index is 0.109. The van der Waals surface area contributed by atoms with Crippen molar-refractivity contribution in [1.29, 1.82) is 0 Å². The Balaban J connectivity index is 1.92. The third kappa shape index (κ3) is 3.55. The standard InChI is InChI=1S/C13H22F2N2O2/c1-11(2,3)19-10(18)17-7-6-12(9-17)4-5-13(14,15)8-16-12/h16H,4-9H2,1-3H3. The molecule has 6 heteroatoms. The van der Waals surface area contributed by atoms with Crippen molar-refractivity contribution in [2.75, 3.05) is 19.6 Å². The highest BCUT2D eigenvalue weighted by Crippen LogP contribution is 2.35. The third-order valence-electron chi connectivity index (χ3n) is 3.70. The average molecular weight is 276 g/mol. The second kappa shape index (κ2) is 4.58. The minimum Gasteiger partial charge on any atom is -0.444 e. The highest BCUT2D eigenvalue weighted by molar-refractivity contribution is 5.68. The molecule has 2 aliphatic heterocycles. The molecule has 0 aromatic rings. The van der Waals surface area contributed by atoms with E-state index in [2.05, 4.69) is 5.32 Å². The zero-order chi connectivity index (χ0) is 14.3. The van der Waals surface area contributed by atoms with E-state index >= 15 is 0 Å². The van der Waals surface area contributed by atoms with Crippen LogP contribution in [0.3, 0.4) is 0 Å². The van der Waals surface area contributed by atoms with E-state index in [0.29, 0.717) is 25.9 Å². The van der Waals surface area contributed by atoms with Crippen molar-refractivity contribution >= 4 is 6.09 Å². The summed E-state index contributed by atoms with van der Waals surface area (Å²) in [5.74, 6) is -2.62. The Morgan fingerprint density at radius 2 is 1.95 bits per heavy atom. The summed E-state index contributed by atoms with van der Waals surface area (Å²) in [5, 5.41) is 2.93. The van der Waals surface area contributed by atoms with Crippen molar-refractivity contribution in [3.05, 3.63) is 0 Å². The SMILES string of the molecule is CC(C)(C)OC(=O)N1CCC2(CCC(F)(F)CN2)C1. The van der Waals surface area contributed by atoms with Crippen LogP contribution in [0.4, 0.5) is 13.6 Å². The van der Waals surface area contributed by atoms with E-state index in [0.717, 1.165) is 0 Å². The molecule has 1 atom stereocenters. The summed E-state index contributed by atoms with van der Waals surface area (Å²) in [6.45, 7) is 6.17. The van der Waals surface area contributed by atoms with Crippen LogP contribution in [-0.4, -0.2) is 47.7 Å². The van der Waals surface area contributed by atoms with Crippen LogP contribution < -0.4 is 5.32 Å². The summed E-state index contributed by atoms with van der Waals surface area (Å²) in [6.07, 6.45) is 0.646. The van der Waals surface area contributed by atoms with Gasteiger partial charge in [0.1, 0.15) is 5.60 Å². The average Bonchev–Trinajstić information content (AvgIpc) is 2.66. The summed E-state index contributed by atoms with van der Waals surface area (Å²) < 4.78 is 31.6. The molecule has 0 aromatic heterocycles. The molecule has 0 bridgehead atoms. The van der Waals surface area contributed by atoms with Crippen LogP contribution in [0.1, 0.15) is 40.0 Å². The lowest BCUT2D eigenvalue weighted by molar-refractivity contribution is -0.0447. The Kier molecular flexibility index (Phi) is 3.49. The third-order valence-corrected chi connectivity index (χ3v) is 3.70. The number of carbonyl (C=O) groups excluding carboxylic acids is 1. The van der Waals surface area contributed by atoms with Gasteiger partial charge >= 0.3 is 6.09 Å². The summed E-state index contributed by atoms with van der Waals surface area (Å²) in [5.41, 5.74) is -0.877. The van der Waals surface area contributed by atoms with Gasteiger partial charge in [-0.25, -0.2) is 13.6 Å². The number of alkyl halides is 2. The van der Waals surface area contributed by atoms with E-state index in [1.165, 1.54) is 0 Å². The van der Waals surface area contributed by atoms with E-state index in [1.54, 1.807) is 4.90 Å². The van der Waals surface area contributed by atoms with Crippen LogP contribution in [0.25, 0.3) is 0 Å². The summed E-state index contributed by atoms with van der Waals surface area (Å²) in [4.78, 5) is 13.6. The van der Waals surface area contributed by atoms with Gasteiger partial charge in [-0.05, 0) is 33.6 Å². The van der Waals surface area contributed by atoms with E-state index in [4.69, 9.17) is 4.74 Å². The first-order valence-electron chi connectivity index (χ1n) is 6.72. The molecule has 110 valence electrons. The number of likely N-dealkylation sites (tertiary alicyclic amines) is 1. The van der Waals surface area contributed by atoms with Crippen molar-refractivity contribution < 1.29 is 18.3 Å². The largest absolute Gasteiger partial charge is 0.444 e. The van der Waals surface area contributed by atoms with Crippen LogP contribution >= 0.6 is 0 Å². The number of halogens is 2. The molecule has 2 fully saturated rings. The van der Waals surface area contributed by atoms with Gasteiger partial charge in [0.05, 0.1) is 6.54 Å². The maximum Gasteiger partial charge on any atom is 0.410 e. The molecule has 1 amide bonds. The van der Waals surface area contributed by atoms with Crippen LogP contribution in [0.2, 0.25) is 0 Å². The second-order valence-electron chi connectivity index (χ2n) is 6.64. The Labute approximate surface area is 112 Å². The molecule has 1 spiro atoms. The van der Waals surface area contributed by atoms with Gasteiger partial charge < -0.3 is 15.0 Å². The predicted molar refractivity (Wildman–Crippen MR) is 67.3 cm³/mol. The second-order valence-corrected chi connectivity index (χ2v) is 6.64. The number of carbonyl (C=O) groups is 1. The quantitative estimate of drug-likeness (QED) is 0.738. The Hall–Kier alpha value is -0.910. The number of nitrogens with one attached hydrogen (secondary N) is 1. The Morgan fingerprint density at radius 3 is 2.47 bits per heavy atom.